The third-order valence-electron chi connectivity index (χ3n) is 2.28. The first kappa shape index (κ1) is 9.71. The van der Waals surface area contributed by atoms with E-state index in [0.717, 1.165) is 29.1 Å². The summed E-state index contributed by atoms with van der Waals surface area (Å²) in [6.45, 7) is 1.88. The molecule has 0 amide bonds. The summed E-state index contributed by atoms with van der Waals surface area (Å²) in [5.41, 5.74) is 2.88. The quantitative estimate of drug-likeness (QED) is 0.767. The van der Waals surface area contributed by atoms with Crippen LogP contribution in [0.1, 0.15) is 17.0 Å². The first-order valence-electron chi connectivity index (χ1n) is 4.70. The zero-order valence-electron chi connectivity index (χ0n) is 8.73. The standard InChI is InChI=1S/C11H12N2O2/c1-8-11(13-15-12-8)7-9-3-5-10(14-2)6-4-9/h3-6H,7H2,1-2H3. The van der Waals surface area contributed by atoms with Crippen molar-refractivity contribution in [2.24, 2.45) is 0 Å². The highest BCUT2D eigenvalue weighted by atomic mass is 16.6. The summed E-state index contributed by atoms with van der Waals surface area (Å²) in [6, 6.07) is 7.87. The largest absolute Gasteiger partial charge is 0.497 e. The van der Waals surface area contributed by atoms with Gasteiger partial charge in [0.05, 0.1) is 7.11 Å². The predicted molar refractivity (Wildman–Crippen MR) is 54.8 cm³/mol. The molecule has 0 bridgehead atoms. The van der Waals surface area contributed by atoms with E-state index in [4.69, 9.17) is 4.74 Å². The maximum Gasteiger partial charge on any atom is 0.118 e. The second-order valence-corrected chi connectivity index (χ2v) is 3.32. The van der Waals surface area contributed by atoms with E-state index in [1.165, 1.54) is 0 Å². The Morgan fingerprint density at radius 2 is 1.93 bits per heavy atom. The van der Waals surface area contributed by atoms with Crippen LogP contribution >= 0.6 is 0 Å². The fraction of sp³-hybridized carbons (Fsp3) is 0.273. The lowest BCUT2D eigenvalue weighted by Gasteiger charge is -2.01. The lowest BCUT2D eigenvalue weighted by atomic mass is 10.1. The van der Waals surface area contributed by atoms with Gasteiger partial charge in [0.15, 0.2) is 0 Å². The van der Waals surface area contributed by atoms with E-state index in [1.54, 1.807) is 7.11 Å². The summed E-state index contributed by atoms with van der Waals surface area (Å²) in [5, 5.41) is 7.57. The Morgan fingerprint density at radius 1 is 1.20 bits per heavy atom. The topological polar surface area (TPSA) is 48.2 Å². The number of hydrogen-bond donors (Lipinski definition) is 0. The molecule has 4 nitrogen and oxygen atoms in total. The third-order valence-corrected chi connectivity index (χ3v) is 2.28. The fourth-order valence-electron chi connectivity index (χ4n) is 1.35. The lowest BCUT2D eigenvalue weighted by molar-refractivity contribution is 0.301. The first-order chi connectivity index (χ1) is 7.29. The van der Waals surface area contributed by atoms with Crippen molar-refractivity contribution >= 4 is 0 Å². The summed E-state index contributed by atoms with van der Waals surface area (Å²) in [7, 11) is 1.65. The summed E-state index contributed by atoms with van der Waals surface area (Å²) in [4.78, 5) is 0. The number of ether oxygens (including phenoxy) is 1. The number of benzene rings is 1. The highest BCUT2D eigenvalue weighted by Gasteiger charge is 2.05. The van der Waals surface area contributed by atoms with E-state index in [-0.39, 0.29) is 0 Å². The second-order valence-electron chi connectivity index (χ2n) is 3.32. The number of rotatable bonds is 3. The average molecular weight is 204 g/mol. The molecule has 2 aromatic rings. The van der Waals surface area contributed by atoms with Crippen LogP contribution in [0.5, 0.6) is 5.75 Å². The van der Waals surface area contributed by atoms with E-state index in [2.05, 4.69) is 14.9 Å². The zero-order chi connectivity index (χ0) is 10.7. The van der Waals surface area contributed by atoms with E-state index in [9.17, 15) is 0 Å². The molecule has 0 atom stereocenters. The van der Waals surface area contributed by atoms with Crippen molar-refractivity contribution in [1.29, 1.82) is 0 Å². The second kappa shape index (κ2) is 4.13. The maximum absolute atomic E-state index is 5.08. The highest BCUT2D eigenvalue weighted by Crippen LogP contribution is 2.14. The minimum Gasteiger partial charge on any atom is -0.497 e. The average Bonchev–Trinajstić information content (AvgIpc) is 2.66. The molecule has 0 saturated carbocycles. The molecule has 1 aromatic heterocycles. The van der Waals surface area contributed by atoms with Crippen LogP contribution in [-0.2, 0) is 6.42 Å². The molecule has 0 aliphatic rings. The number of nitrogens with zero attached hydrogens (tertiary/aromatic N) is 2. The summed E-state index contributed by atoms with van der Waals surface area (Å²) in [6.07, 6.45) is 0.735. The lowest BCUT2D eigenvalue weighted by Crippen LogP contribution is -1.91. The number of aryl methyl sites for hydroxylation is 1. The molecular formula is C11H12N2O2. The Labute approximate surface area is 87.8 Å². The summed E-state index contributed by atoms with van der Waals surface area (Å²) >= 11 is 0. The number of aromatic nitrogens is 2. The van der Waals surface area contributed by atoms with Crippen LogP contribution < -0.4 is 4.74 Å². The molecule has 1 heterocycles. The van der Waals surface area contributed by atoms with Crippen molar-refractivity contribution < 1.29 is 9.37 Å². The van der Waals surface area contributed by atoms with Gasteiger partial charge in [0.25, 0.3) is 0 Å². The highest BCUT2D eigenvalue weighted by molar-refractivity contribution is 5.29. The Hall–Kier alpha value is -1.84. The van der Waals surface area contributed by atoms with Gasteiger partial charge in [-0.25, -0.2) is 4.63 Å². The number of hydrogen-bond acceptors (Lipinski definition) is 4. The van der Waals surface area contributed by atoms with Gasteiger partial charge in [-0.3, -0.25) is 0 Å². The van der Waals surface area contributed by atoms with E-state index >= 15 is 0 Å². The minimum atomic E-state index is 0.735. The molecule has 1 aromatic carbocycles. The summed E-state index contributed by atoms with van der Waals surface area (Å²) < 4.78 is 9.72. The van der Waals surface area contributed by atoms with E-state index in [0.29, 0.717) is 0 Å². The van der Waals surface area contributed by atoms with E-state index < -0.39 is 0 Å². The molecular weight excluding hydrogens is 192 g/mol. The monoisotopic (exact) mass is 204 g/mol. The Morgan fingerprint density at radius 3 is 2.47 bits per heavy atom. The van der Waals surface area contributed by atoms with Gasteiger partial charge in [0, 0.05) is 6.42 Å². The molecule has 0 aliphatic heterocycles. The molecule has 0 radical (unpaired) electrons. The normalized spacial score (nSPS) is 10.3. The molecule has 0 unspecified atom stereocenters. The molecule has 15 heavy (non-hydrogen) atoms. The van der Waals surface area contributed by atoms with Crippen LogP contribution in [0.25, 0.3) is 0 Å². The van der Waals surface area contributed by atoms with Gasteiger partial charge in [0.1, 0.15) is 17.1 Å². The van der Waals surface area contributed by atoms with Gasteiger partial charge < -0.3 is 4.74 Å². The van der Waals surface area contributed by atoms with Crippen LogP contribution in [0.15, 0.2) is 28.9 Å². The van der Waals surface area contributed by atoms with Gasteiger partial charge in [-0.2, -0.15) is 0 Å². The maximum atomic E-state index is 5.08. The molecule has 0 N–H and O–H groups in total. The predicted octanol–water partition coefficient (Wildman–Crippen LogP) is 1.98. The Bertz CT molecular complexity index is 434. The number of methoxy groups -OCH3 is 1. The van der Waals surface area contributed by atoms with Gasteiger partial charge in [0.2, 0.25) is 0 Å². The van der Waals surface area contributed by atoms with Gasteiger partial charge >= 0.3 is 0 Å². The molecule has 0 saturated heterocycles. The van der Waals surface area contributed by atoms with Crippen LogP contribution in [0.2, 0.25) is 0 Å². The van der Waals surface area contributed by atoms with Crippen LogP contribution in [0.4, 0.5) is 0 Å². The Balaban J connectivity index is 2.14. The molecule has 0 spiro atoms. The third kappa shape index (κ3) is 2.15. The van der Waals surface area contributed by atoms with Crippen molar-refractivity contribution in [3.8, 4) is 5.75 Å². The zero-order valence-corrected chi connectivity index (χ0v) is 8.73. The molecule has 78 valence electrons. The van der Waals surface area contributed by atoms with Crippen molar-refractivity contribution in [2.75, 3.05) is 7.11 Å². The molecule has 2 rings (SSSR count). The van der Waals surface area contributed by atoms with Gasteiger partial charge in [-0.15, -0.1) is 0 Å². The first-order valence-corrected chi connectivity index (χ1v) is 4.70. The van der Waals surface area contributed by atoms with Crippen LogP contribution in [0.3, 0.4) is 0 Å². The van der Waals surface area contributed by atoms with Crippen molar-refractivity contribution in [1.82, 2.24) is 10.3 Å². The van der Waals surface area contributed by atoms with Gasteiger partial charge in [-0.1, -0.05) is 22.4 Å². The van der Waals surface area contributed by atoms with Gasteiger partial charge in [-0.05, 0) is 24.6 Å². The SMILES string of the molecule is COc1ccc(Cc2nonc2C)cc1. The molecule has 0 fully saturated rings. The smallest absolute Gasteiger partial charge is 0.118 e. The van der Waals surface area contributed by atoms with Crippen LogP contribution in [0, 0.1) is 6.92 Å². The van der Waals surface area contributed by atoms with Crippen molar-refractivity contribution in [3.63, 3.8) is 0 Å². The molecule has 0 aliphatic carbocycles. The summed E-state index contributed by atoms with van der Waals surface area (Å²) in [5.74, 6) is 0.855. The fourth-order valence-corrected chi connectivity index (χ4v) is 1.35. The van der Waals surface area contributed by atoms with Crippen LogP contribution in [-0.4, -0.2) is 17.4 Å². The minimum absolute atomic E-state index is 0.735. The van der Waals surface area contributed by atoms with Crippen molar-refractivity contribution in [3.05, 3.63) is 41.2 Å². The molecule has 4 heteroatoms. The van der Waals surface area contributed by atoms with Crippen molar-refractivity contribution in [2.45, 2.75) is 13.3 Å². The Kier molecular flexibility index (Phi) is 2.67. The van der Waals surface area contributed by atoms with E-state index in [1.807, 2.05) is 31.2 Å².